The lowest BCUT2D eigenvalue weighted by Gasteiger charge is -2.43. The number of para-hydroxylation sites is 1. The van der Waals surface area contributed by atoms with Gasteiger partial charge in [-0.3, -0.25) is 9.59 Å². The molecule has 2 aliphatic rings. The number of carbonyl (C=O) groups excluding carboxylic acids is 2. The normalized spacial score (nSPS) is 22.4. The highest BCUT2D eigenvalue weighted by molar-refractivity contribution is 5.78. The molecule has 5 heteroatoms. The number of ether oxygens (including phenoxy) is 1. The number of likely N-dealkylation sites (tertiary alicyclic amines) is 2. The summed E-state index contributed by atoms with van der Waals surface area (Å²) in [5, 5.41) is 0. The second kappa shape index (κ2) is 10.7. The quantitative estimate of drug-likeness (QED) is 0.655. The molecule has 2 saturated heterocycles. The number of carbonyl (C=O) groups is 2. The molecular formula is C24H36N2O3. The second-order valence-corrected chi connectivity index (χ2v) is 8.74. The van der Waals surface area contributed by atoms with Gasteiger partial charge in [-0.1, -0.05) is 31.5 Å². The van der Waals surface area contributed by atoms with Crippen LogP contribution in [-0.2, 0) is 9.59 Å². The summed E-state index contributed by atoms with van der Waals surface area (Å²) >= 11 is 0. The summed E-state index contributed by atoms with van der Waals surface area (Å²) in [7, 11) is 0. The number of nitrogens with zero attached hydrogens (tertiary/aromatic N) is 2. The van der Waals surface area contributed by atoms with Crippen molar-refractivity contribution in [1.29, 1.82) is 0 Å². The SMILES string of the molecule is CCCCC(=O)N1CCCC(COc2ccccc2)(CC(=O)N2CCCCC2)C1. The van der Waals surface area contributed by atoms with Gasteiger partial charge in [-0.05, 0) is 50.7 Å². The fraction of sp³-hybridized carbons (Fsp3) is 0.667. The van der Waals surface area contributed by atoms with Gasteiger partial charge in [0.25, 0.3) is 0 Å². The molecule has 0 aliphatic carbocycles. The summed E-state index contributed by atoms with van der Waals surface area (Å²) in [6, 6.07) is 9.79. The zero-order valence-electron chi connectivity index (χ0n) is 17.9. The summed E-state index contributed by atoms with van der Waals surface area (Å²) < 4.78 is 6.14. The summed E-state index contributed by atoms with van der Waals surface area (Å²) in [5.41, 5.74) is -0.301. The standard InChI is InChI=1S/C24H36N2O3/c1-2-3-13-22(27)26-17-10-14-24(19-26,20-29-21-11-6-4-7-12-21)18-23(28)25-15-8-5-9-16-25/h4,6-7,11-12H,2-3,5,8-10,13-20H2,1H3. The number of hydrogen-bond acceptors (Lipinski definition) is 3. The van der Waals surface area contributed by atoms with Crippen molar-refractivity contribution in [3.05, 3.63) is 30.3 Å². The Morgan fingerprint density at radius 3 is 2.41 bits per heavy atom. The minimum absolute atomic E-state index is 0.223. The Kier molecular flexibility index (Phi) is 7.96. The molecule has 2 aliphatic heterocycles. The first-order valence-electron chi connectivity index (χ1n) is 11.4. The first kappa shape index (κ1) is 21.7. The van der Waals surface area contributed by atoms with Crippen LogP contribution in [0.2, 0.25) is 0 Å². The molecule has 0 aromatic heterocycles. The van der Waals surface area contributed by atoms with Gasteiger partial charge in [-0.25, -0.2) is 0 Å². The number of piperidine rings is 2. The molecule has 3 rings (SSSR count). The van der Waals surface area contributed by atoms with Crippen molar-refractivity contribution in [3.8, 4) is 5.75 Å². The van der Waals surface area contributed by atoms with E-state index in [9.17, 15) is 9.59 Å². The van der Waals surface area contributed by atoms with Crippen molar-refractivity contribution in [1.82, 2.24) is 9.80 Å². The number of unbranched alkanes of at least 4 members (excludes halogenated alkanes) is 1. The maximum absolute atomic E-state index is 13.1. The second-order valence-electron chi connectivity index (χ2n) is 8.74. The zero-order chi connectivity index (χ0) is 20.5. The maximum Gasteiger partial charge on any atom is 0.223 e. The van der Waals surface area contributed by atoms with E-state index in [0.29, 0.717) is 26.0 Å². The predicted octanol–water partition coefficient (Wildman–Crippen LogP) is 4.27. The van der Waals surface area contributed by atoms with Gasteiger partial charge in [-0.15, -0.1) is 0 Å². The highest BCUT2D eigenvalue weighted by Gasteiger charge is 2.40. The van der Waals surface area contributed by atoms with Gasteiger partial charge < -0.3 is 14.5 Å². The summed E-state index contributed by atoms with van der Waals surface area (Å²) in [6.45, 7) is 5.75. The molecule has 1 atom stereocenters. The number of rotatable bonds is 8. The van der Waals surface area contributed by atoms with Gasteiger partial charge in [-0.2, -0.15) is 0 Å². The Balaban J connectivity index is 1.71. The van der Waals surface area contributed by atoms with Crippen LogP contribution >= 0.6 is 0 Å². The van der Waals surface area contributed by atoms with Crippen LogP contribution in [0.4, 0.5) is 0 Å². The lowest BCUT2D eigenvalue weighted by molar-refractivity contribution is -0.142. The van der Waals surface area contributed by atoms with Gasteiger partial charge in [0, 0.05) is 44.4 Å². The predicted molar refractivity (Wildman–Crippen MR) is 115 cm³/mol. The van der Waals surface area contributed by atoms with Crippen molar-refractivity contribution >= 4 is 11.8 Å². The first-order chi connectivity index (χ1) is 14.1. The van der Waals surface area contributed by atoms with Gasteiger partial charge in [0.05, 0.1) is 6.61 Å². The lowest BCUT2D eigenvalue weighted by atomic mass is 9.77. The fourth-order valence-corrected chi connectivity index (χ4v) is 4.55. The summed E-state index contributed by atoms with van der Waals surface area (Å²) in [6.07, 6.45) is 8.29. The van der Waals surface area contributed by atoms with E-state index in [0.717, 1.165) is 63.9 Å². The molecule has 1 aromatic carbocycles. The molecule has 0 bridgehead atoms. The monoisotopic (exact) mass is 400 g/mol. The van der Waals surface area contributed by atoms with E-state index in [1.165, 1.54) is 6.42 Å². The zero-order valence-corrected chi connectivity index (χ0v) is 17.9. The summed E-state index contributed by atoms with van der Waals surface area (Å²) in [5.74, 6) is 1.28. The average molecular weight is 401 g/mol. The van der Waals surface area contributed by atoms with E-state index in [1.807, 2.05) is 40.1 Å². The topological polar surface area (TPSA) is 49.9 Å². The number of hydrogen-bond donors (Lipinski definition) is 0. The minimum atomic E-state index is -0.301. The van der Waals surface area contributed by atoms with Crippen LogP contribution in [0.5, 0.6) is 5.75 Å². The van der Waals surface area contributed by atoms with Crippen LogP contribution < -0.4 is 4.74 Å². The molecule has 0 radical (unpaired) electrons. The third kappa shape index (κ3) is 6.22. The van der Waals surface area contributed by atoms with Crippen LogP contribution in [0.1, 0.15) is 64.7 Å². The van der Waals surface area contributed by atoms with Gasteiger partial charge in [0.1, 0.15) is 5.75 Å². The fourth-order valence-electron chi connectivity index (χ4n) is 4.55. The van der Waals surface area contributed by atoms with Crippen molar-refractivity contribution < 1.29 is 14.3 Å². The molecule has 2 fully saturated rings. The maximum atomic E-state index is 13.1. The number of benzene rings is 1. The van der Waals surface area contributed by atoms with Gasteiger partial charge in [0.15, 0.2) is 0 Å². The van der Waals surface area contributed by atoms with E-state index in [-0.39, 0.29) is 17.2 Å². The lowest BCUT2D eigenvalue weighted by Crippen LogP contribution is -2.51. The third-order valence-electron chi connectivity index (χ3n) is 6.28. The summed E-state index contributed by atoms with van der Waals surface area (Å²) in [4.78, 5) is 29.8. The molecular weight excluding hydrogens is 364 g/mol. The Bertz CT molecular complexity index is 657. The van der Waals surface area contributed by atoms with E-state index >= 15 is 0 Å². The third-order valence-corrected chi connectivity index (χ3v) is 6.28. The first-order valence-corrected chi connectivity index (χ1v) is 11.4. The van der Waals surface area contributed by atoms with Crippen molar-refractivity contribution in [3.63, 3.8) is 0 Å². The Morgan fingerprint density at radius 1 is 0.966 bits per heavy atom. The molecule has 160 valence electrons. The Labute approximate surface area is 175 Å². The van der Waals surface area contributed by atoms with Gasteiger partial charge >= 0.3 is 0 Å². The molecule has 1 aromatic rings. The van der Waals surface area contributed by atoms with Crippen LogP contribution in [-0.4, -0.2) is 54.4 Å². The van der Waals surface area contributed by atoms with Crippen LogP contribution in [0.15, 0.2) is 30.3 Å². The van der Waals surface area contributed by atoms with E-state index < -0.39 is 0 Å². The van der Waals surface area contributed by atoms with Crippen LogP contribution in [0.25, 0.3) is 0 Å². The Hall–Kier alpha value is -2.04. The molecule has 0 spiro atoms. The molecule has 5 nitrogen and oxygen atoms in total. The largest absolute Gasteiger partial charge is 0.493 e. The molecule has 29 heavy (non-hydrogen) atoms. The Morgan fingerprint density at radius 2 is 1.69 bits per heavy atom. The molecule has 2 amide bonds. The van der Waals surface area contributed by atoms with E-state index in [4.69, 9.17) is 4.74 Å². The van der Waals surface area contributed by atoms with Crippen molar-refractivity contribution in [2.24, 2.45) is 5.41 Å². The van der Waals surface area contributed by atoms with Crippen molar-refractivity contribution in [2.45, 2.75) is 64.7 Å². The molecule has 0 saturated carbocycles. The highest BCUT2D eigenvalue weighted by Crippen LogP contribution is 2.36. The average Bonchev–Trinajstić information content (AvgIpc) is 2.77. The van der Waals surface area contributed by atoms with E-state index in [2.05, 4.69) is 6.92 Å². The molecule has 1 unspecified atom stereocenters. The van der Waals surface area contributed by atoms with E-state index in [1.54, 1.807) is 0 Å². The minimum Gasteiger partial charge on any atom is -0.493 e. The van der Waals surface area contributed by atoms with Crippen molar-refractivity contribution in [2.75, 3.05) is 32.8 Å². The smallest absolute Gasteiger partial charge is 0.223 e. The number of amides is 2. The van der Waals surface area contributed by atoms with Gasteiger partial charge in [0.2, 0.25) is 11.8 Å². The highest BCUT2D eigenvalue weighted by atomic mass is 16.5. The van der Waals surface area contributed by atoms with Crippen LogP contribution in [0, 0.1) is 5.41 Å². The molecule has 0 N–H and O–H groups in total. The van der Waals surface area contributed by atoms with Crippen LogP contribution in [0.3, 0.4) is 0 Å². The molecule has 2 heterocycles.